The Morgan fingerprint density at radius 3 is 2.44 bits per heavy atom. The predicted molar refractivity (Wildman–Crippen MR) is 76.0 cm³/mol. The first kappa shape index (κ1) is 13.6. The zero-order valence-corrected chi connectivity index (χ0v) is 12.0. The molecule has 0 aromatic heterocycles. The highest BCUT2D eigenvalue weighted by Gasteiger charge is 2.34. The first-order chi connectivity index (χ1) is 8.60. The Balaban J connectivity index is 1.89. The van der Waals surface area contributed by atoms with E-state index < -0.39 is 5.54 Å². The average molecular weight is 311 g/mol. The minimum absolute atomic E-state index is 0.00915. The van der Waals surface area contributed by atoms with Crippen LogP contribution in [0.5, 0.6) is 0 Å². The molecule has 0 saturated heterocycles. The quantitative estimate of drug-likeness (QED) is 0.902. The number of nitrogens with one attached hydrogen (secondary N) is 1. The van der Waals surface area contributed by atoms with Gasteiger partial charge in [0.15, 0.2) is 0 Å². The van der Waals surface area contributed by atoms with Gasteiger partial charge in [0.05, 0.1) is 5.54 Å². The zero-order valence-electron chi connectivity index (χ0n) is 10.4. The van der Waals surface area contributed by atoms with Crippen LogP contribution in [0.25, 0.3) is 0 Å². The van der Waals surface area contributed by atoms with Crippen LogP contribution >= 0.6 is 15.9 Å². The van der Waals surface area contributed by atoms with E-state index in [4.69, 9.17) is 5.73 Å². The third-order valence-electron chi connectivity index (χ3n) is 3.56. The fourth-order valence-corrected chi connectivity index (χ4v) is 2.63. The van der Waals surface area contributed by atoms with E-state index in [0.29, 0.717) is 6.54 Å². The number of rotatable bonds is 3. The topological polar surface area (TPSA) is 55.1 Å². The summed E-state index contributed by atoms with van der Waals surface area (Å²) in [7, 11) is 0. The molecule has 3 nitrogen and oxygen atoms in total. The molecule has 1 aromatic rings. The number of hydrogen-bond acceptors (Lipinski definition) is 2. The van der Waals surface area contributed by atoms with E-state index in [1.807, 2.05) is 24.3 Å². The molecule has 1 fully saturated rings. The summed E-state index contributed by atoms with van der Waals surface area (Å²) < 4.78 is 1.04. The number of halogens is 1. The standard InChI is InChI=1S/C14H19BrN2O/c15-12-6-4-11(5-7-12)10-17-13(18)14(16)8-2-1-3-9-14/h4-7H,1-3,8-10,16H2,(H,17,18). The maximum Gasteiger partial charge on any atom is 0.240 e. The van der Waals surface area contributed by atoms with Gasteiger partial charge in [-0.25, -0.2) is 0 Å². The van der Waals surface area contributed by atoms with E-state index >= 15 is 0 Å². The summed E-state index contributed by atoms with van der Waals surface area (Å²) in [5.74, 6) is -0.00915. The minimum Gasteiger partial charge on any atom is -0.350 e. The summed E-state index contributed by atoms with van der Waals surface area (Å²) in [6.07, 6.45) is 4.92. The third-order valence-corrected chi connectivity index (χ3v) is 4.09. The summed E-state index contributed by atoms with van der Waals surface area (Å²) in [5.41, 5.74) is 6.61. The summed E-state index contributed by atoms with van der Waals surface area (Å²) in [4.78, 5) is 12.1. The maximum absolute atomic E-state index is 12.1. The highest BCUT2D eigenvalue weighted by molar-refractivity contribution is 9.10. The molecule has 98 valence electrons. The van der Waals surface area contributed by atoms with Crippen LogP contribution in [-0.4, -0.2) is 11.4 Å². The SMILES string of the molecule is NC1(C(=O)NCc2ccc(Br)cc2)CCCCC1. The Kier molecular flexibility index (Phi) is 4.40. The molecule has 18 heavy (non-hydrogen) atoms. The molecule has 0 bridgehead atoms. The second-order valence-electron chi connectivity index (χ2n) is 5.03. The van der Waals surface area contributed by atoms with Crippen molar-refractivity contribution in [2.45, 2.75) is 44.2 Å². The van der Waals surface area contributed by atoms with Gasteiger partial charge in [0.25, 0.3) is 0 Å². The van der Waals surface area contributed by atoms with Gasteiger partial charge in [0, 0.05) is 11.0 Å². The highest BCUT2D eigenvalue weighted by Crippen LogP contribution is 2.26. The fourth-order valence-electron chi connectivity index (χ4n) is 2.37. The van der Waals surface area contributed by atoms with Crippen LogP contribution in [0.15, 0.2) is 28.7 Å². The summed E-state index contributed by atoms with van der Waals surface area (Å²) in [6, 6.07) is 7.93. The van der Waals surface area contributed by atoms with Crippen molar-refractivity contribution in [1.82, 2.24) is 5.32 Å². The van der Waals surface area contributed by atoms with Gasteiger partial charge in [0.2, 0.25) is 5.91 Å². The van der Waals surface area contributed by atoms with Gasteiger partial charge in [-0.15, -0.1) is 0 Å². The summed E-state index contributed by atoms with van der Waals surface area (Å²) in [5, 5.41) is 2.95. The van der Waals surface area contributed by atoms with Gasteiger partial charge >= 0.3 is 0 Å². The molecule has 1 aliphatic carbocycles. The Bertz CT molecular complexity index is 410. The van der Waals surface area contributed by atoms with Crippen LogP contribution in [-0.2, 0) is 11.3 Å². The molecule has 2 rings (SSSR count). The second-order valence-corrected chi connectivity index (χ2v) is 5.94. The van der Waals surface area contributed by atoms with Gasteiger partial charge in [-0.3, -0.25) is 4.79 Å². The van der Waals surface area contributed by atoms with Crippen molar-refractivity contribution >= 4 is 21.8 Å². The Morgan fingerprint density at radius 1 is 1.22 bits per heavy atom. The first-order valence-corrected chi connectivity index (χ1v) is 7.21. The van der Waals surface area contributed by atoms with E-state index in [0.717, 1.165) is 35.7 Å². The fraction of sp³-hybridized carbons (Fsp3) is 0.500. The molecule has 1 aromatic carbocycles. The van der Waals surface area contributed by atoms with Crippen LogP contribution in [0.3, 0.4) is 0 Å². The van der Waals surface area contributed by atoms with Crippen molar-refractivity contribution in [3.8, 4) is 0 Å². The van der Waals surface area contributed by atoms with Crippen molar-refractivity contribution in [1.29, 1.82) is 0 Å². The van der Waals surface area contributed by atoms with Crippen molar-refractivity contribution < 1.29 is 4.79 Å². The van der Waals surface area contributed by atoms with Crippen LogP contribution in [0.2, 0.25) is 0 Å². The van der Waals surface area contributed by atoms with Gasteiger partial charge in [0.1, 0.15) is 0 Å². The second kappa shape index (κ2) is 5.85. The van der Waals surface area contributed by atoms with Crippen LogP contribution in [0.1, 0.15) is 37.7 Å². The van der Waals surface area contributed by atoms with E-state index in [-0.39, 0.29) is 5.91 Å². The van der Waals surface area contributed by atoms with Gasteiger partial charge in [-0.1, -0.05) is 47.3 Å². The van der Waals surface area contributed by atoms with Crippen molar-refractivity contribution in [2.24, 2.45) is 5.73 Å². The van der Waals surface area contributed by atoms with E-state index in [9.17, 15) is 4.79 Å². The summed E-state index contributed by atoms with van der Waals surface area (Å²) in [6.45, 7) is 0.547. The molecule has 0 atom stereocenters. The van der Waals surface area contributed by atoms with Gasteiger partial charge in [-0.2, -0.15) is 0 Å². The number of carbonyl (C=O) groups excluding carboxylic acids is 1. The Labute approximate surface area is 116 Å². The largest absolute Gasteiger partial charge is 0.350 e. The Hall–Kier alpha value is -0.870. The van der Waals surface area contributed by atoms with Crippen molar-refractivity contribution in [2.75, 3.05) is 0 Å². The van der Waals surface area contributed by atoms with Crippen molar-refractivity contribution in [3.63, 3.8) is 0 Å². The molecule has 4 heteroatoms. The number of benzene rings is 1. The molecule has 1 saturated carbocycles. The van der Waals surface area contributed by atoms with E-state index in [2.05, 4.69) is 21.2 Å². The molecule has 0 spiro atoms. The first-order valence-electron chi connectivity index (χ1n) is 6.42. The number of amides is 1. The molecule has 1 amide bonds. The average Bonchev–Trinajstić information content (AvgIpc) is 2.38. The molecule has 0 unspecified atom stereocenters. The number of carbonyl (C=O) groups is 1. The molecule has 0 radical (unpaired) electrons. The lowest BCUT2D eigenvalue weighted by molar-refractivity contribution is -0.127. The molecular weight excluding hydrogens is 292 g/mol. The smallest absolute Gasteiger partial charge is 0.240 e. The van der Waals surface area contributed by atoms with Gasteiger partial charge < -0.3 is 11.1 Å². The van der Waals surface area contributed by atoms with Gasteiger partial charge in [-0.05, 0) is 30.5 Å². The van der Waals surface area contributed by atoms with E-state index in [1.165, 1.54) is 6.42 Å². The molecule has 0 heterocycles. The van der Waals surface area contributed by atoms with Crippen molar-refractivity contribution in [3.05, 3.63) is 34.3 Å². The monoisotopic (exact) mass is 310 g/mol. The molecule has 3 N–H and O–H groups in total. The third kappa shape index (κ3) is 3.33. The lowest BCUT2D eigenvalue weighted by Gasteiger charge is -2.31. The highest BCUT2D eigenvalue weighted by atomic mass is 79.9. The van der Waals surface area contributed by atoms with Crippen LogP contribution < -0.4 is 11.1 Å². The number of hydrogen-bond donors (Lipinski definition) is 2. The number of nitrogens with two attached hydrogens (primary N) is 1. The molecule has 0 aliphatic heterocycles. The predicted octanol–water partition coefficient (Wildman–Crippen LogP) is 2.73. The Morgan fingerprint density at radius 2 is 1.83 bits per heavy atom. The van der Waals surface area contributed by atoms with E-state index in [1.54, 1.807) is 0 Å². The maximum atomic E-state index is 12.1. The lowest BCUT2D eigenvalue weighted by Crippen LogP contribution is -2.54. The zero-order chi connectivity index (χ0) is 13.0. The summed E-state index contributed by atoms with van der Waals surface area (Å²) >= 11 is 3.39. The molecule has 1 aliphatic rings. The molecular formula is C14H19BrN2O. The minimum atomic E-state index is -0.645. The lowest BCUT2D eigenvalue weighted by atomic mass is 9.82. The van der Waals surface area contributed by atoms with Crippen LogP contribution in [0.4, 0.5) is 0 Å². The normalized spacial score (nSPS) is 18.3. The van der Waals surface area contributed by atoms with Crippen LogP contribution in [0, 0.1) is 0 Å².